The smallest absolute Gasteiger partial charge is 0.367 e. The molecule has 166 valence electrons. The van der Waals surface area contributed by atoms with Gasteiger partial charge in [-0.1, -0.05) is 18.2 Å². The summed E-state index contributed by atoms with van der Waals surface area (Å²) in [6, 6.07) is 9.48. The number of hydrogen-bond donors (Lipinski definition) is 3. The van der Waals surface area contributed by atoms with Gasteiger partial charge >= 0.3 is 6.18 Å². The van der Waals surface area contributed by atoms with Crippen LogP contribution >= 0.6 is 0 Å². The van der Waals surface area contributed by atoms with Gasteiger partial charge in [-0.2, -0.15) is 13.2 Å². The summed E-state index contributed by atoms with van der Waals surface area (Å²) in [6.45, 7) is 0. The minimum atomic E-state index is -4.59. The van der Waals surface area contributed by atoms with E-state index in [2.05, 4.69) is 30.2 Å². The lowest BCUT2D eigenvalue weighted by Crippen LogP contribution is -2.44. The van der Waals surface area contributed by atoms with Crippen molar-refractivity contribution in [1.29, 1.82) is 0 Å². The highest BCUT2D eigenvalue weighted by Crippen LogP contribution is 2.39. The van der Waals surface area contributed by atoms with E-state index < -0.39 is 11.7 Å². The van der Waals surface area contributed by atoms with Gasteiger partial charge in [-0.05, 0) is 25.0 Å². The number of rotatable bonds is 3. The highest BCUT2D eigenvalue weighted by molar-refractivity contribution is 6.12. The number of aromatic amines is 1. The van der Waals surface area contributed by atoms with E-state index in [1.54, 1.807) is 12.3 Å². The van der Waals surface area contributed by atoms with E-state index in [9.17, 15) is 13.2 Å². The van der Waals surface area contributed by atoms with E-state index in [1.165, 1.54) is 6.20 Å². The second-order valence-corrected chi connectivity index (χ2v) is 8.30. The molecule has 0 aliphatic heterocycles. The lowest BCUT2D eigenvalue weighted by molar-refractivity contribution is -0.136. The summed E-state index contributed by atoms with van der Waals surface area (Å²) in [6.07, 6.45) is 0.506. The summed E-state index contributed by atoms with van der Waals surface area (Å²) < 4.78 is 41.4. The molecule has 0 saturated heterocycles. The molecule has 33 heavy (non-hydrogen) atoms. The maximum absolute atomic E-state index is 13.8. The molecule has 6 rings (SSSR count). The van der Waals surface area contributed by atoms with Crippen LogP contribution in [0.25, 0.3) is 44.2 Å². The van der Waals surface area contributed by atoms with Gasteiger partial charge in [-0.15, -0.1) is 0 Å². The molecule has 4 heterocycles. The molecule has 1 saturated carbocycles. The molecule has 7 nitrogen and oxygen atoms in total. The Labute approximate surface area is 185 Å². The minimum Gasteiger partial charge on any atom is -0.367 e. The van der Waals surface area contributed by atoms with Crippen molar-refractivity contribution in [2.45, 2.75) is 31.1 Å². The third-order valence-corrected chi connectivity index (χ3v) is 6.07. The van der Waals surface area contributed by atoms with Gasteiger partial charge in [0, 0.05) is 46.3 Å². The monoisotopic (exact) mass is 449 g/mol. The first-order valence-corrected chi connectivity index (χ1v) is 10.5. The number of nitrogens with two attached hydrogens (primary N) is 1. The fraction of sp³-hybridized carbons (Fsp3) is 0.217. The predicted octanol–water partition coefficient (Wildman–Crippen LogP) is 4.64. The molecule has 1 aliphatic rings. The molecular formula is C23H18F3N7. The van der Waals surface area contributed by atoms with Crippen LogP contribution in [0, 0.1) is 0 Å². The fourth-order valence-electron chi connectivity index (χ4n) is 4.45. The number of fused-ring (bicyclic) bond motifs is 4. The van der Waals surface area contributed by atoms with Crippen LogP contribution in [0.4, 0.5) is 19.0 Å². The van der Waals surface area contributed by atoms with Crippen molar-refractivity contribution < 1.29 is 13.2 Å². The summed E-state index contributed by atoms with van der Waals surface area (Å²) in [5.74, 6) is 0.429. The number of aromatic nitrogens is 5. The maximum Gasteiger partial charge on any atom is 0.418 e. The number of halogens is 3. The van der Waals surface area contributed by atoms with Crippen molar-refractivity contribution in [1.82, 2.24) is 24.9 Å². The Morgan fingerprint density at radius 3 is 2.64 bits per heavy atom. The molecular weight excluding hydrogens is 431 g/mol. The zero-order chi connectivity index (χ0) is 22.7. The third kappa shape index (κ3) is 3.25. The molecule has 0 spiro atoms. The Morgan fingerprint density at radius 1 is 1.03 bits per heavy atom. The van der Waals surface area contributed by atoms with Crippen LogP contribution in [0.5, 0.6) is 0 Å². The summed E-state index contributed by atoms with van der Waals surface area (Å²) in [4.78, 5) is 20.6. The third-order valence-electron chi connectivity index (χ3n) is 6.07. The molecule has 0 amide bonds. The van der Waals surface area contributed by atoms with Gasteiger partial charge in [0.05, 0.1) is 22.7 Å². The Morgan fingerprint density at radius 2 is 1.85 bits per heavy atom. The van der Waals surface area contributed by atoms with Crippen molar-refractivity contribution in [3.05, 3.63) is 54.5 Å². The Kier molecular flexibility index (Phi) is 4.28. The maximum atomic E-state index is 13.8. The molecule has 4 N–H and O–H groups in total. The first-order chi connectivity index (χ1) is 15.9. The molecule has 4 aromatic heterocycles. The summed E-state index contributed by atoms with van der Waals surface area (Å²) in [7, 11) is 0. The second kappa shape index (κ2) is 7.11. The van der Waals surface area contributed by atoms with E-state index in [1.807, 2.05) is 24.3 Å². The average Bonchev–Trinajstić information content (AvgIpc) is 3.15. The largest absolute Gasteiger partial charge is 0.418 e. The predicted molar refractivity (Wildman–Crippen MR) is 120 cm³/mol. The van der Waals surface area contributed by atoms with Crippen molar-refractivity contribution >= 4 is 38.7 Å². The molecule has 0 atom stereocenters. The molecule has 1 aromatic carbocycles. The fourth-order valence-corrected chi connectivity index (χ4v) is 4.45. The SMILES string of the molecule is NC1CC(Nc2nc(-c3ccnc4[nH]c5ccccc5c34)nc3cncc(C(F)(F)F)c23)C1. The summed E-state index contributed by atoms with van der Waals surface area (Å²) in [5.41, 5.74) is 7.35. The van der Waals surface area contributed by atoms with Crippen molar-refractivity contribution in [3.63, 3.8) is 0 Å². The van der Waals surface area contributed by atoms with Gasteiger partial charge in [0.2, 0.25) is 0 Å². The normalized spacial score (nSPS) is 18.7. The minimum absolute atomic E-state index is 0.0323. The number of alkyl halides is 3. The van der Waals surface area contributed by atoms with E-state index in [0.717, 1.165) is 22.5 Å². The van der Waals surface area contributed by atoms with Gasteiger partial charge in [0.15, 0.2) is 5.82 Å². The number of nitrogens with zero attached hydrogens (tertiary/aromatic N) is 4. The quantitative estimate of drug-likeness (QED) is 0.371. The summed E-state index contributed by atoms with van der Waals surface area (Å²) in [5, 5.41) is 4.82. The molecule has 0 unspecified atom stereocenters. The molecule has 0 bridgehead atoms. The van der Waals surface area contributed by atoms with Crippen LogP contribution in [-0.2, 0) is 6.18 Å². The number of pyridine rings is 2. The van der Waals surface area contributed by atoms with Gasteiger partial charge in [-0.25, -0.2) is 15.0 Å². The van der Waals surface area contributed by atoms with E-state index >= 15 is 0 Å². The first kappa shape index (κ1) is 19.9. The number of H-pyrrole nitrogens is 1. The lowest BCUT2D eigenvalue weighted by Gasteiger charge is -2.33. The highest BCUT2D eigenvalue weighted by Gasteiger charge is 2.36. The van der Waals surface area contributed by atoms with Crippen LogP contribution in [0.15, 0.2) is 48.9 Å². The molecule has 0 radical (unpaired) electrons. The van der Waals surface area contributed by atoms with Crippen LogP contribution in [0.1, 0.15) is 18.4 Å². The Balaban J connectivity index is 1.62. The zero-order valence-corrected chi connectivity index (χ0v) is 17.2. The topological polar surface area (TPSA) is 105 Å². The number of para-hydroxylation sites is 1. The van der Waals surface area contributed by atoms with Gasteiger partial charge in [-0.3, -0.25) is 4.98 Å². The summed E-state index contributed by atoms with van der Waals surface area (Å²) >= 11 is 0. The van der Waals surface area contributed by atoms with Crippen LogP contribution in [0.3, 0.4) is 0 Å². The van der Waals surface area contributed by atoms with Crippen molar-refractivity contribution in [2.75, 3.05) is 5.32 Å². The molecule has 1 fully saturated rings. The molecule has 1 aliphatic carbocycles. The molecule has 5 aromatic rings. The van der Waals surface area contributed by atoms with Gasteiger partial charge < -0.3 is 16.0 Å². The number of benzene rings is 1. The van der Waals surface area contributed by atoms with Crippen LogP contribution in [0.2, 0.25) is 0 Å². The average molecular weight is 449 g/mol. The van der Waals surface area contributed by atoms with Gasteiger partial charge in [0.25, 0.3) is 0 Å². The lowest BCUT2D eigenvalue weighted by atomic mass is 9.87. The van der Waals surface area contributed by atoms with Crippen LogP contribution in [-0.4, -0.2) is 37.0 Å². The van der Waals surface area contributed by atoms with E-state index in [0.29, 0.717) is 29.9 Å². The first-order valence-electron chi connectivity index (χ1n) is 10.5. The van der Waals surface area contributed by atoms with Crippen molar-refractivity contribution in [3.8, 4) is 11.4 Å². The second-order valence-electron chi connectivity index (χ2n) is 8.30. The van der Waals surface area contributed by atoms with Gasteiger partial charge in [0.1, 0.15) is 11.5 Å². The van der Waals surface area contributed by atoms with Crippen molar-refractivity contribution in [2.24, 2.45) is 5.73 Å². The number of anilines is 1. The highest BCUT2D eigenvalue weighted by atomic mass is 19.4. The molecule has 10 heteroatoms. The van der Waals surface area contributed by atoms with E-state index in [4.69, 9.17) is 5.73 Å². The van der Waals surface area contributed by atoms with E-state index in [-0.39, 0.29) is 28.8 Å². The Bertz CT molecular complexity index is 1520. The standard InChI is InChI=1S/C23H18F3N7/c24-23(25,26)15-9-28-10-17-19(15)22(30-12-7-11(27)8-12)33-20(32-17)14-5-6-29-21-18(14)13-3-1-2-4-16(13)31-21/h1-6,9-12H,7-8,27H2,(H,29,31)(H,30,32,33). The zero-order valence-electron chi connectivity index (χ0n) is 17.2. The number of nitrogens with one attached hydrogen (secondary N) is 2. The van der Waals surface area contributed by atoms with Crippen LogP contribution < -0.4 is 11.1 Å². The Hall–Kier alpha value is -3.79. The number of hydrogen-bond acceptors (Lipinski definition) is 6.